The molecule has 7 heteroatoms. The smallest absolute Gasteiger partial charge is 0.338 e. The van der Waals surface area contributed by atoms with Crippen molar-refractivity contribution < 1.29 is 28.5 Å². The summed E-state index contributed by atoms with van der Waals surface area (Å²) in [5.74, 6) is 1.09. The number of carbonyl (C=O) groups excluding carboxylic acids is 2. The van der Waals surface area contributed by atoms with Gasteiger partial charge >= 0.3 is 5.97 Å². The van der Waals surface area contributed by atoms with Gasteiger partial charge in [0.05, 0.1) is 5.57 Å². The molecule has 7 nitrogen and oxygen atoms in total. The van der Waals surface area contributed by atoms with Gasteiger partial charge in [0.1, 0.15) is 12.4 Å². The van der Waals surface area contributed by atoms with Gasteiger partial charge in [-0.3, -0.25) is 4.79 Å². The van der Waals surface area contributed by atoms with Crippen molar-refractivity contribution in [3.05, 3.63) is 59.2 Å². The maximum Gasteiger partial charge on any atom is 0.338 e. The molecule has 144 valence electrons. The molecular formula is C21H19NO6. The zero-order valence-corrected chi connectivity index (χ0v) is 15.3. The summed E-state index contributed by atoms with van der Waals surface area (Å²) >= 11 is 0. The Morgan fingerprint density at radius 1 is 1.07 bits per heavy atom. The third-order valence-corrected chi connectivity index (χ3v) is 4.45. The summed E-state index contributed by atoms with van der Waals surface area (Å²) in [5, 5.41) is 2.75. The van der Waals surface area contributed by atoms with E-state index >= 15 is 0 Å². The second-order valence-electron chi connectivity index (χ2n) is 6.45. The largest absolute Gasteiger partial charge is 0.488 e. The minimum atomic E-state index is -0.931. The predicted octanol–water partition coefficient (Wildman–Crippen LogP) is 2.44. The van der Waals surface area contributed by atoms with Crippen LogP contribution in [0, 0.1) is 0 Å². The first-order chi connectivity index (χ1) is 13.6. The van der Waals surface area contributed by atoms with Gasteiger partial charge in [-0.15, -0.1) is 0 Å². The molecule has 2 aliphatic heterocycles. The lowest BCUT2D eigenvalue weighted by molar-refractivity contribution is -0.151. The zero-order chi connectivity index (χ0) is 19.5. The van der Waals surface area contributed by atoms with Crippen LogP contribution in [0.15, 0.2) is 48.0 Å². The van der Waals surface area contributed by atoms with Crippen molar-refractivity contribution in [1.82, 2.24) is 5.32 Å². The molecule has 2 heterocycles. The standard InChI is InChI=1S/C21H19NO6/c1-13(20(23)22-10-14-6-7-18-19(8-14)27-12-26-18)28-21(24)16-9-15-4-2-3-5-17(15)25-11-16/h2-9,13H,10-12H2,1H3,(H,22,23)/t13-/m1/s1. The number of amides is 1. The average molecular weight is 381 g/mol. The molecule has 28 heavy (non-hydrogen) atoms. The first-order valence-corrected chi connectivity index (χ1v) is 8.90. The summed E-state index contributed by atoms with van der Waals surface area (Å²) in [4.78, 5) is 24.6. The van der Waals surface area contributed by atoms with Crippen LogP contribution in [0.4, 0.5) is 0 Å². The average Bonchev–Trinajstić information content (AvgIpc) is 3.19. The molecule has 0 fully saturated rings. The number of nitrogens with one attached hydrogen (secondary N) is 1. The Balaban J connectivity index is 1.32. The molecule has 0 radical (unpaired) electrons. The third-order valence-electron chi connectivity index (χ3n) is 4.45. The van der Waals surface area contributed by atoms with E-state index in [1.165, 1.54) is 6.92 Å². The number of benzene rings is 2. The van der Waals surface area contributed by atoms with Crippen LogP contribution >= 0.6 is 0 Å². The Morgan fingerprint density at radius 3 is 2.79 bits per heavy atom. The molecule has 2 aromatic rings. The number of carbonyl (C=O) groups is 2. The molecule has 1 amide bonds. The van der Waals surface area contributed by atoms with E-state index in [2.05, 4.69) is 5.32 Å². The van der Waals surface area contributed by atoms with Crippen molar-refractivity contribution in [3.8, 4) is 17.2 Å². The molecule has 0 aliphatic carbocycles. The van der Waals surface area contributed by atoms with Gasteiger partial charge in [0, 0.05) is 12.1 Å². The lowest BCUT2D eigenvalue weighted by Crippen LogP contribution is -2.36. The van der Waals surface area contributed by atoms with E-state index in [1.54, 1.807) is 18.2 Å². The highest BCUT2D eigenvalue weighted by Gasteiger charge is 2.23. The Bertz CT molecular complexity index is 952. The number of ether oxygens (including phenoxy) is 4. The zero-order valence-electron chi connectivity index (χ0n) is 15.3. The lowest BCUT2D eigenvalue weighted by Gasteiger charge is -2.19. The second-order valence-corrected chi connectivity index (χ2v) is 6.45. The van der Waals surface area contributed by atoms with Crippen molar-refractivity contribution in [3.63, 3.8) is 0 Å². The van der Waals surface area contributed by atoms with Gasteiger partial charge in [-0.1, -0.05) is 24.3 Å². The Hall–Kier alpha value is -3.48. The number of fused-ring (bicyclic) bond motifs is 2. The van der Waals surface area contributed by atoms with Crippen LogP contribution in [0.1, 0.15) is 18.1 Å². The molecule has 0 saturated heterocycles. The van der Waals surface area contributed by atoms with Crippen LogP contribution in [0.25, 0.3) is 6.08 Å². The Kier molecular flexibility index (Phi) is 4.89. The van der Waals surface area contributed by atoms with Gasteiger partial charge in [-0.05, 0) is 36.8 Å². The van der Waals surface area contributed by atoms with Crippen LogP contribution < -0.4 is 19.5 Å². The van der Waals surface area contributed by atoms with Gasteiger partial charge in [-0.2, -0.15) is 0 Å². The van der Waals surface area contributed by atoms with Crippen LogP contribution in [0.2, 0.25) is 0 Å². The fraction of sp³-hybridized carbons (Fsp3) is 0.238. The molecule has 2 aromatic carbocycles. The summed E-state index contributed by atoms with van der Waals surface area (Å²) in [5.41, 5.74) is 2.03. The maximum atomic E-state index is 12.3. The van der Waals surface area contributed by atoms with Gasteiger partial charge in [-0.25, -0.2) is 4.79 Å². The van der Waals surface area contributed by atoms with E-state index in [9.17, 15) is 9.59 Å². The third kappa shape index (κ3) is 3.78. The second kappa shape index (κ2) is 7.64. The summed E-state index contributed by atoms with van der Waals surface area (Å²) in [7, 11) is 0. The molecule has 0 bridgehead atoms. The van der Waals surface area contributed by atoms with Gasteiger partial charge in [0.2, 0.25) is 6.79 Å². The van der Waals surface area contributed by atoms with Crippen LogP contribution in [0.5, 0.6) is 17.2 Å². The molecule has 1 atom stereocenters. The Morgan fingerprint density at radius 2 is 1.89 bits per heavy atom. The van der Waals surface area contributed by atoms with Gasteiger partial charge < -0.3 is 24.3 Å². The summed E-state index contributed by atoms with van der Waals surface area (Å²) < 4.78 is 21.4. The minimum Gasteiger partial charge on any atom is -0.488 e. The van der Waals surface area contributed by atoms with E-state index in [0.29, 0.717) is 22.8 Å². The summed E-state index contributed by atoms with van der Waals surface area (Å²) in [6.45, 7) is 2.13. The highest BCUT2D eigenvalue weighted by molar-refractivity contribution is 5.96. The minimum absolute atomic E-state index is 0.112. The number of esters is 1. The number of para-hydroxylation sites is 1. The van der Waals surface area contributed by atoms with E-state index in [0.717, 1.165) is 11.1 Å². The van der Waals surface area contributed by atoms with Crippen molar-refractivity contribution in [2.75, 3.05) is 13.4 Å². The predicted molar refractivity (Wildman–Crippen MR) is 99.9 cm³/mol. The monoisotopic (exact) mass is 381 g/mol. The van der Waals surface area contributed by atoms with Crippen molar-refractivity contribution >= 4 is 18.0 Å². The fourth-order valence-electron chi connectivity index (χ4n) is 2.91. The molecule has 0 saturated carbocycles. The first kappa shape index (κ1) is 17.9. The quantitative estimate of drug-likeness (QED) is 0.801. The number of hydrogen-bond donors (Lipinski definition) is 1. The maximum absolute atomic E-state index is 12.3. The molecule has 0 spiro atoms. The highest BCUT2D eigenvalue weighted by Crippen LogP contribution is 2.32. The normalized spacial score (nSPS) is 15.0. The molecule has 2 aliphatic rings. The lowest BCUT2D eigenvalue weighted by atomic mass is 10.1. The van der Waals surface area contributed by atoms with Crippen LogP contribution in [-0.2, 0) is 20.9 Å². The van der Waals surface area contributed by atoms with Crippen molar-refractivity contribution in [2.24, 2.45) is 0 Å². The number of rotatable bonds is 5. The molecule has 0 unspecified atom stereocenters. The number of hydrogen-bond acceptors (Lipinski definition) is 6. The fourth-order valence-corrected chi connectivity index (χ4v) is 2.91. The highest BCUT2D eigenvalue weighted by atomic mass is 16.7. The first-order valence-electron chi connectivity index (χ1n) is 8.90. The van der Waals surface area contributed by atoms with E-state index in [1.807, 2.05) is 30.3 Å². The van der Waals surface area contributed by atoms with Crippen LogP contribution in [-0.4, -0.2) is 31.4 Å². The van der Waals surface area contributed by atoms with Gasteiger partial charge in [0.25, 0.3) is 5.91 Å². The van der Waals surface area contributed by atoms with Gasteiger partial charge in [0.15, 0.2) is 17.6 Å². The molecule has 1 N–H and O–H groups in total. The topological polar surface area (TPSA) is 83.1 Å². The SMILES string of the molecule is C[C@@H](OC(=O)C1=Cc2ccccc2OC1)C(=O)NCc1ccc2c(c1)OCO2. The summed E-state index contributed by atoms with van der Waals surface area (Å²) in [6, 6.07) is 12.8. The summed E-state index contributed by atoms with van der Waals surface area (Å²) in [6.07, 6.45) is 0.790. The van der Waals surface area contributed by atoms with Crippen molar-refractivity contribution in [1.29, 1.82) is 0 Å². The van der Waals surface area contributed by atoms with E-state index in [-0.39, 0.29) is 25.9 Å². The molecule has 4 rings (SSSR count). The van der Waals surface area contributed by atoms with Crippen molar-refractivity contribution in [2.45, 2.75) is 19.6 Å². The molecular weight excluding hydrogens is 362 g/mol. The van der Waals surface area contributed by atoms with Crippen LogP contribution in [0.3, 0.4) is 0 Å². The van der Waals surface area contributed by atoms with E-state index < -0.39 is 12.1 Å². The van der Waals surface area contributed by atoms with E-state index in [4.69, 9.17) is 18.9 Å². The Labute approximate surface area is 161 Å². The molecule has 0 aromatic heterocycles.